The van der Waals surface area contributed by atoms with Gasteiger partial charge in [0, 0.05) is 24.0 Å². The zero-order chi connectivity index (χ0) is 30.7. The Kier molecular flexibility index (Phi) is 9.97. The Morgan fingerprint density at radius 3 is 1.60 bits per heavy atom. The number of carbonyl (C=O) groups excluding carboxylic acids is 1. The molecule has 1 aliphatic rings. The lowest BCUT2D eigenvalue weighted by molar-refractivity contribution is -0.120. The Hall–Kier alpha value is -2.99. The quantitative estimate of drug-likeness (QED) is 0.215. The van der Waals surface area contributed by atoms with Gasteiger partial charge in [-0.05, 0) is 69.2 Å². The first-order chi connectivity index (χ1) is 19.9. The molecule has 1 unspecified atom stereocenters. The van der Waals surface area contributed by atoms with E-state index in [4.69, 9.17) is 9.47 Å². The van der Waals surface area contributed by atoms with E-state index in [9.17, 15) is 4.79 Å². The summed E-state index contributed by atoms with van der Waals surface area (Å²) in [6.45, 7) is 13.3. The zero-order valence-corrected chi connectivity index (χ0v) is 28.3. The minimum absolute atomic E-state index is 0.0137. The second-order valence-electron chi connectivity index (χ2n) is 12.3. The van der Waals surface area contributed by atoms with Gasteiger partial charge in [-0.3, -0.25) is 4.79 Å². The van der Waals surface area contributed by atoms with E-state index in [2.05, 4.69) is 105 Å². The van der Waals surface area contributed by atoms with Crippen LogP contribution in [0.3, 0.4) is 0 Å². The molecule has 0 N–H and O–H groups in total. The molecule has 3 nitrogen and oxygen atoms in total. The van der Waals surface area contributed by atoms with E-state index in [1.807, 2.05) is 30.3 Å². The lowest BCUT2D eigenvalue weighted by atomic mass is 9.96. The van der Waals surface area contributed by atoms with E-state index in [1.165, 1.54) is 44.0 Å². The van der Waals surface area contributed by atoms with Crippen molar-refractivity contribution in [3.05, 3.63) is 96.1 Å². The fourth-order valence-corrected chi connectivity index (χ4v) is 11.2. The number of aryl methyl sites for hydroxylation is 2. The van der Waals surface area contributed by atoms with Crippen molar-refractivity contribution in [1.82, 2.24) is 0 Å². The van der Waals surface area contributed by atoms with E-state index < -0.39 is 7.92 Å². The Bertz CT molecular complexity index is 1550. The maximum atomic E-state index is 12.4. The minimum Gasteiger partial charge on any atom is -0.496 e. The van der Waals surface area contributed by atoms with Gasteiger partial charge in [0.2, 0.25) is 0 Å². The Labute approximate surface area is 256 Å². The third kappa shape index (κ3) is 6.64. The van der Waals surface area contributed by atoms with E-state index in [0.717, 1.165) is 11.5 Å². The van der Waals surface area contributed by atoms with E-state index >= 15 is 0 Å². The molecule has 0 saturated carbocycles. The number of ketones is 1. The minimum atomic E-state index is -0.531. The molecule has 1 atom stereocenters. The third-order valence-corrected chi connectivity index (χ3v) is 12.1. The van der Waals surface area contributed by atoms with Gasteiger partial charge >= 0.3 is 0 Å². The van der Waals surface area contributed by atoms with Crippen molar-refractivity contribution < 1.29 is 14.3 Å². The average Bonchev–Trinajstić information content (AvgIpc) is 2.92. The largest absolute Gasteiger partial charge is 0.496 e. The molecule has 1 fully saturated rings. The highest BCUT2D eigenvalue weighted by Crippen LogP contribution is 2.65. The van der Waals surface area contributed by atoms with Crippen molar-refractivity contribution >= 4 is 33.6 Å². The topological polar surface area (TPSA) is 35.5 Å². The summed E-state index contributed by atoms with van der Waals surface area (Å²) < 4.78 is 11.1. The van der Waals surface area contributed by atoms with Crippen LogP contribution in [0.25, 0.3) is 22.3 Å². The van der Waals surface area contributed by atoms with Gasteiger partial charge in [-0.15, -0.1) is 9.24 Å². The van der Waals surface area contributed by atoms with Gasteiger partial charge < -0.3 is 9.47 Å². The van der Waals surface area contributed by atoms with Crippen LogP contribution in [-0.4, -0.2) is 30.3 Å². The summed E-state index contributed by atoms with van der Waals surface area (Å²) in [6, 6.07) is 29.4. The molecule has 42 heavy (non-hydrogen) atoms. The SMILES string of the molecule is COc1cccc(C)c1-c1ccccc1P.COc1cccc(C)c1-c1ccccc1P1C(C)(C)CC(=O)CC1(C)C. The number of hydrogen-bond donors (Lipinski definition) is 0. The van der Waals surface area contributed by atoms with Gasteiger partial charge in [-0.2, -0.15) is 0 Å². The smallest absolute Gasteiger partial charge is 0.134 e. The Morgan fingerprint density at radius 2 is 1.10 bits per heavy atom. The van der Waals surface area contributed by atoms with Crippen molar-refractivity contribution in [2.24, 2.45) is 0 Å². The van der Waals surface area contributed by atoms with Crippen molar-refractivity contribution in [1.29, 1.82) is 0 Å². The van der Waals surface area contributed by atoms with Crippen LogP contribution < -0.4 is 20.1 Å². The molecule has 5 heteroatoms. The maximum Gasteiger partial charge on any atom is 0.134 e. The molecule has 4 aromatic rings. The van der Waals surface area contributed by atoms with E-state index in [0.29, 0.717) is 18.6 Å². The predicted molar refractivity (Wildman–Crippen MR) is 185 cm³/mol. The first-order valence-electron chi connectivity index (χ1n) is 14.4. The fraction of sp³-hybridized carbons (Fsp3) is 0.324. The van der Waals surface area contributed by atoms with Gasteiger partial charge in [0.1, 0.15) is 17.3 Å². The van der Waals surface area contributed by atoms with E-state index in [-0.39, 0.29) is 10.3 Å². The molecule has 1 aliphatic heterocycles. The molecular weight excluding hydrogens is 554 g/mol. The molecule has 0 bridgehead atoms. The van der Waals surface area contributed by atoms with Crippen LogP contribution >= 0.6 is 17.2 Å². The van der Waals surface area contributed by atoms with Crippen molar-refractivity contribution in [3.63, 3.8) is 0 Å². The van der Waals surface area contributed by atoms with Crippen LogP contribution in [0.1, 0.15) is 51.7 Å². The molecule has 4 aromatic carbocycles. The Balaban J connectivity index is 0.000000216. The van der Waals surface area contributed by atoms with Crippen molar-refractivity contribution in [2.75, 3.05) is 14.2 Å². The molecule has 0 aromatic heterocycles. The highest BCUT2D eigenvalue weighted by molar-refractivity contribution is 7.69. The van der Waals surface area contributed by atoms with Gasteiger partial charge in [0.15, 0.2) is 0 Å². The standard InChI is InChI=1S/C23H29O2P.C14H15OP/c1-16-10-9-12-19(25-6)21(16)18-11-7-8-13-20(18)26-22(2,3)14-17(24)15-23(26,4)5;1-10-6-5-8-12(15-2)14(10)11-7-3-4-9-13(11)16/h7-13H,14-15H2,1-6H3;3-9H,16H2,1-2H3. The highest BCUT2D eigenvalue weighted by atomic mass is 31.1. The molecule has 0 spiro atoms. The van der Waals surface area contributed by atoms with Crippen molar-refractivity contribution in [3.8, 4) is 33.8 Å². The summed E-state index contributed by atoms with van der Waals surface area (Å²) in [5, 5.41) is 2.55. The van der Waals surface area contributed by atoms with Crippen LogP contribution in [0.4, 0.5) is 0 Å². The monoisotopic (exact) mass is 598 g/mol. The molecule has 220 valence electrons. The number of hydrogen-bond acceptors (Lipinski definition) is 3. The molecule has 0 aliphatic carbocycles. The lowest BCUT2D eigenvalue weighted by Crippen LogP contribution is -2.43. The fourth-order valence-electron chi connectivity index (χ4n) is 6.57. The first-order valence-corrected chi connectivity index (χ1v) is 16.4. The summed E-state index contributed by atoms with van der Waals surface area (Å²) in [5.74, 6) is 2.23. The van der Waals surface area contributed by atoms with Crippen LogP contribution in [-0.2, 0) is 4.79 Å². The van der Waals surface area contributed by atoms with E-state index in [1.54, 1.807) is 14.2 Å². The van der Waals surface area contributed by atoms with Crippen LogP contribution in [0.5, 0.6) is 11.5 Å². The number of ether oxygens (including phenoxy) is 2. The average molecular weight is 599 g/mol. The summed E-state index contributed by atoms with van der Waals surface area (Å²) in [4.78, 5) is 12.4. The first kappa shape index (κ1) is 31.9. The van der Waals surface area contributed by atoms with Gasteiger partial charge in [-0.1, -0.05) is 108 Å². The second-order valence-corrected chi connectivity index (χ2v) is 16.5. The lowest BCUT2D eigenvalue weighted by Gasteiger charge is -2.49. The molecular formula is C37H44O3P2. The number of rotatable bonds is 5. The number of benzene rings is 4. The van der Waals surface area contributed by atoms with Crippen LogP contribution in [0, 0.1) is 13.8 Å². The van der Waals surface area contributed by atoms with Gasteiger partial charge in [-0.25, -0.2) is 0 Å². The third-order valence-electron chi connectivity index (χ3n) is 8.02. The second kappa shape index (κ2) is 13.1. The molecule has 5 rings (SSSR count). The number of methoxy groups -OCH3 is 2. The normalized spacial score (nSPS) is 15.9. The summed E-state index contributed by atoms with van der Waals surface area (Å²) in [5.41, 5.74) is 7.27. The predicted octanol–water partition coefficient (Wildman–Crippen LogP) is 8.87. The maximum absolute atomic E-state index is 12.4. The summed E-state index contributed by atoms with van der Waals surface area (Å²) >= 11 is 0. The molecule has 0 amide bonds. The molecule has 1 heterocycles. The van der Waals surface area contributed by atoms with Gasteiger partial charge in [0.25, 0.3) is 0 Å². The Morgan fingerprint density at radius 1 is 0.643 bits per heavy atom. The summed E-state index contributed by atoms with van der Waals surface area (Å²) in [6.07, 6.45) is 1.34. The van der Waals surface area contributed by atoms with Crippen molar-refractivity contribution in [2.45, 2.75) is 64.7 Å². The zero-order valence-electron chi connectivity index (χ0n) is 26.2. The van der Waals surface area contributed by atoms with Gasteiger partial charge in [0.05, 0.1) is 14.2 Å². The van der Waals surface area contributed by atoms with Crippen LogP contribution in [0.2, 0.25) is 0 Å². The molecule has 0 radical (unpaired) electrons. The molecule has 1 saturated heterocycles. The number of carbonyl (C=O) groups is 1. The highest BCUT2D eigenvalue weighted by Gasteiger charge is 2.48. The number of Topliss-reactive ketones (excluding diaryl/α,β-unsaturated/α-hetero) is 1. The summed E-state index contributed by atoms with van der Waals surface area (Å²) in [7, 11) is 5.69. The van der Waals surface area contributed by atoms with Crippen LogP contribution in [0.15, 0.2) is 84.9 Å².